The molecule has 3 rings (SSSR count). The normalized spacial score (nSPS) is 22.5. The van der Waals surface area contributed by atoms with Gasteiger partial charge < -0.3 is 14.7 Å². The first-order valence-electron chi connectivity index (χ1n) is 8.85. The Kier molecular flexibility index (Phi) is 10.2. The second-order valence-electron chi connectivity index (χ2n) is 6.51. The van der Waals surface area contributed by atoms with Gasteiger partial charge in [-0.2, -0.15) is 16.9 Å². The van der Waals surface area contributed by atoms with Crippen LogP contribution in [0.4, 0.5) is 5.69 Å². The number of amides is 1. The summed E-state index contributed by atoms with van der Waals surface area (Å²) < 4.78 is 4.96. The molecular weight excluding hydrogens is 724 g/mol. The number of halogens is 2. The number of nitrogens with zero attached hydrogens (tertiary/aromatic N) is 2. The standard InChI is InChI=1S/C19H21N2O4.2HI.Sm/c1-2-25-17(23)8-11-19(24)10-7-16(22)21-15-6-4-3-5-13(15)14(9-12-20)18(19)21;;;/h3-6,18,24H,2,7-11H2,1H3;2*1H;/q-1;;;+2/p-2/t18-,19-;;;/m1.../s1. The number of nitriles is 1. The van der Waals surface area contributed by atoms with E-state index in [4.69, 9.17) is 4.74 Å². The second kappa shape index (κ2) is 11.6. The average Bonchev–Trinajstić information content (AvgIpc) is 3.01. The Morgan fingerprint density at radius 3 is 2.82 bits per heavy atom. The summed E-state index contributed by atoms with van der Waals surface area (Å²) in [5, 5.41) is 20.6. The van der Waals surface area contributed by atoms with Crippen molar-refractivity contribution in [2.75, 3.05) is 11.5 Å². The van der Waals surface area contributed by atoms with E-state index in [9.17, 15) is 20.0 Å². The van der Waals surface area contributed by atoms with E-state index in [-0.39, 0.29) is 69.4 Å². The van der Waals surface area contributed by atoms with Crippen molar-refractivity contribution in [1.29, 1.82) is 5.26 Å². The number of anilines is 1. The first-order chi connectivity index (χ1) is 13.4. The SMILES string of the molecule is CCOC(=O)CC[C@]1(O)CCC(=O)N2c3ccccc3[C-](CC#N)[C@@H]21.[I][Sm][I]. The van der Waals surface area contributed by atoms with Crippen molar-refractivity contribution in [1.82, 2.24) is 0 Å². The molecule has 1 amide bonds. The summed E-state index contributed by atoms with van der Waals surface area (Å²) in [7, 11) is 0. The number of ether oxygens (including phenoxy) is 1. The zero-order valence-corrected chi connectivity index (χ0v) is 22.3. The van der Waals surface area contributed by atoms with Crippen molar-refractivity contribution in [3.05, 3.63) is 35.7 Å². The molecule has 2 aliphatic rings. The summed E-state index contributed by atoms with van der Waals surface area (Å²) in [4.78, 5) is 25.9. The van der Waals surface area contributed by atoms with Crippen LogP contribution in [-0.4, -0.2) is 35.2 Å². The van der Waals surface area contributed by atoms with Crippen LogP contribution >= 0.6 is 28.6 Å². The molecule has 0 radical (unpaired) electrons. The summed E-state index contributed by atoms with van der Waals surface area (Å²) in [6.45, 7) is 2.03. The molecule has 2 aliphatic heterocycles. The minimum atomic E-state index is -1.24. The van der Waals surface area contributed by atoms with E-state index in [0.717, 1.165) is 17.2 Å². The molecule has 1 aromatic rings. The molecule has 6 nitrogen and oxygen atoms in total. The fourth-order valence-corrected chi connectivity index (χ4v) is 3.91. The molecule has 0 aliphatic carbocycles. The molecule has 9 heteroatoms. The van der Waals surface area contributed by atoms with Crippen LogP contribution in [0.5, 0.6) is 0 Å². The molecule has 0 spiro atoms. The number of carbonyl (C=O) groups excluding carboxylic acids is 2. The summed E-state index contributed by atoms with van der Waals surface area (Å²) in [6.07, 6.45) is 0.898. The number of hydrogen-bond acceptors (Lipinski definition) is 5. The molecule has 1 saturated heterocycles. The van der Waals surface area contributed by atoms with Crippen molar-refractivity contribution in [3.63, 3.8) is 0 Å². The van der Waals surface area contributed by atoms with Gasteiger partial charge >= 0.3 is 60.0 Å². The molecule has 1 N–H and O–H groups in total. The molecule has 1 fully saturated rings. The predicted octanol–water partition coefficient (Wildman–Crippen LogP) is 3.88. The van der Waals surface area contributed by atoms with Gasteiger partial charge in [-0.1, -0.05) is 17.8 Å². The van der Waals surface area contributed by atoms with Gasteiger partial charge in [-0.25, -0.2) is 0 Å². The van der Waals surface area contributed by atoms with Crippen LogP contribution in [-0.2, 0) is 14.3 Å². The Morgan fingerprint density at radius 2 is 2.18 bits per heavy atom. The number of rotatable bonds is 5. The number of esters is 1. The molecule has 0 saturated carbocycles. The summed E-state index contributed by atoms with van der Waals surface area (Å²) in [6, 6.07) is 8.95. The fraction of sp³-hybridized carbons (Fsp3) is 0.474. The second-order valence-corrected chi connectivity index (χ2v) is 25.9. The van der Waals surface area contributed by atoms with Gasteiger partial charge in [0.25, 0.3) is 0 Å². The number of fused-ring (bicyclic) bond motifs is 3. The van der Waals surface area contributed by atoms with Crippen molar-refractivity contribution < 1.29 is 44.9 Å². The number of aliphatic hydroxyl groups is 1. The van der Waals surface area contributed by atoms with E-state index in [1.54, 1.807) is 11.8 Å². The van der Waals surface area contributed by atoms with E-state index in [1.165, 1.54) is 0 Å². The van der Waals surface area contributed by atoms with Gasteiger partial charge in [0.2, 0.25) is 5.91 Å². The third kappa shape index (κ3) is 5.49. The van der Waals surface area contributed by atoms with Crippen LogP contribution in [0.3, 0.4) is 0 Å². The topological polar surface area (TPSA) is 90.6 Å². The molecule has 0 aromatic heterocycles. The molecule has 2 atom stereocenters. The molecule has 0 unspecified atom stereocenters. The first kappa shape index (κ1) is 24.5. The summed E-state index contributed by atoms with van der Waals surface area (Å²) >= 11 is 5.07. The zero-order valence-electron chi connectivity index (χ0n) is 15.4. The van der Waals surface area contributed by atoms with Crippen molar-refractivity contribution >= 4 is 46.1 Å². The van der Waals surface area contributed by atoms with Gasteiger partial charge in [0.15, 0.2) is 0 Å². The summed E-state index contributed by atoms with van der Waals surface area (Å²) in [5.74, 6) is 0.320. The molecule has 152 valence electrons. The Labute approximate surface area is 197 Å². The molecule has 2 heterocycles. The number of piperidine rings is 1. The number of benzene rings is 1. The molecule has 1 aromatic carbocycles. The van der Waals surface area contributed by atoms with E-state index >= 15 is 0 Å². The van der Waals surface area contributed by atoms with Gasteiger partial charge in [0, 0.05) is 25.3 Å². The van der Waals surface area contributed by atoms with Gasteiger partial charge in [0.05, 0.1) is 18.3 Å². The Balaban J connectivity index is 0.000000878. The number of para-hydroxylation sites is 1. The molecule has 28 heavy (non-hydrogen) atoms. The minimum absolute atomic E-state index is 0.0637. The predicted molar refractivity (Wildman–Crippen MR) is 118 cm³/mol. The van der Waals surface area contributed by atoms with Gasteiger partial charge in [-0.15, -0.1) is 12.0 Å². The van der Waals surface area contributed by atoms with E-state index in [1.807, 2.05) is 24.3 Å². The van der Waals surface area contributed by atoms with E-state index < -0.39 is 11.6 Å². The van der Waals surface area contributed by atoms with Crippen LogP contribution < -0.4 is 4.90 Å². The van der Waals surface area contributed by atoms with Gasteiger partial charge in [-0.3, -0.25) is 9.59 Å². The van der Waals surface area contributed by atoms with Crippen molar-refractivity contribution in [2.24, 2.45) is 0 Å². The van der Waals surface area contributed by atoms with Crippen LogP contribution in [0.15, 0.2) is 24.3 Å². The van der Waals surface area contributed by atoms with Gasteiger partial charge in [-0.05, 0) is 19.8 Å². The Hall–Kier alpha value is 0.278. The zero-order chi connectivity index (χ0) is 20.7. The van der Waals surface area contributed by atoms with E-state index in [2.05, 4.69) is 34.6 Å². The Bertz CT molecular complexity index is 758. The maximum atomic E-state index is 12.5. The first-order valence-corrected chi connectivity index (χ1v) is 23.9. The van der Waals surface area contributed by atoms with Crippen molar-refractivity contribution in [3.8, 4) is 6.07 Å². The third-order valence-electron chi connectivity index (χ3n) is 4.98. The summed E-state index contributed by atoms with van der Waals surface area (Å²) in [5.41, 5.74) is 0.321. The maximum absolute atomic E-state index is 12.5. The number of carbonyl (C=O) groups is 2. The van der Waals surface area contributed by atoms with Gasteiger partial charge in [0.1, 0.15) is 0 Å². The van der Waals surface area contributed by atoms with E-state index in [0.29, 0.717) is 6.61 Å². The van der Waals surface area contributed by atoms with Crippen LogP contribution in [0.1, 0.15) is 44.6 Å². The van der Waals surface area contributed by atoms with Crippen molar-refractivity contribution in [2.45, 2.75) is 50.7 Å². The number of hydrogen-bond donors (Lipinski definition) is 1. The van der Waals surface area contributed by atoms with Crippen LogP contribution in [0.25, 0.3) is 0 Å². The monoisotopic (exact) mass is 747 g/mol. The van der Waals surface area contributed by atoms with Crippen LogP contribution in [0, 0.1) is 42.7 Å². The van der Waals surface area contributed by atoms with Crippen LogP contribution in [0.2, 0.25) is 0 Å². The average molecular weight is 746 g/mol. The Morgan fingerprint density at radius 1 is 1.50 bits per heavy atom. The molecular formula is C19H21I2N2O4Sm-. The fourth-order valence-electron chi connectivity index (χ4n) is 3.91. The third-order valence-corrected chi connectivity index (χ3v) is 4.98. The quantitative estimate of drug-likeness (QED) is 0.281. The molecule has 0 bridgehead atoms.